The Balaban J connectivity index is 3.60. The molecule has 21 heavy (non-hydrogen) atoms. The first-order valence-electron chi connectivity index (χ1n) is 5.43. The Hall–Kier alpha value is -2.25. The molecular formula is C13H9F6NO. The SMILES string of the molecule is C=C/C(=C\C=[NH+]\[O-])c1cc(C(F)(F)F)ccc1C(F)(F)F. The van der Waals surface area contributed by atoms with Gasteiger partial charge in [0.25, 0.3) is 0 Å². The van der Waals surface area contributed by atoms with Crippen molar-refractivity contribution in [2.75, 3.05) is 0 Å². The normalized spacial score (nSPS) is 13.7. The van der Waals surface area contributed by atoms with Crippen LogP contribution in [0.5, 0.6) is 0 Å². The summed E-state index contributed by atoms with van der Waals surface area (Å²) in [6, 6.07) is 1.07. The number of halogens is 6. The van der Waals surface area contributed by atoms with Crippen molar-refractivity contribution in [2.45, 2.75) is 12.4 Å². The van der Waals surface area contributed by atoms with Crippen LogP contribution in [-0.4, -0.2) is 6.21 Å². The minimum absolute atomic E-state index is 0.267. The summed E-state index contributed by atoms with van der Waals surface area (Å²) in [5, 5.41) is 11.4. The molecular weight excluding hydrogens is 300 g/mol. The number of nitrogens with one attached hydrogen (secondary N) is 1. The van der Waals surface area contributed by atoms with Crippen LogP contribution in [0.1, 0.15) is 16.7 Å². The molecule has 1 rings (SSSR count). The lowest BCUT2D eigenvalue weighted by Crippen LogP contribution is -2.59. The predicted molar refractivity (Wildman–Crippen MR) is 65.0 cm³/mol. The van der Waals surface area contributed by atoms with E-state index in [1.54, 1.807) is 0 Å². The number of alkyl halides is 6. The summed E-state index contributed by atoms with van der Waals surface area (Å²) in [6.45, 7) is 3.24. The smallest absolute Gasteiger partial charge is 0.417 e. The number of hydrogen-bond acceptors (Lipinski definition) is 1. The maximum atomic E-state index is 12.9. The minimum Gasteiger partial charge on any atom is -0.625 e. The molecule has 0 amide bonds. The second kappa shape index (κ2) is 6.02. The quantitative estimate of drug-likeness (QED) is 0.301. The van der Waals surface area contributed by atoms with E-state index >= 15 is 0 Å². The first-order chi connectivity index (χ1) is 9.61. The monoisotopic (exact) mass is 309 g/mol. The largest absolute Gasteiger partial charge is 0.625 e. The van der Waals surface area contributed by atoms with E-state index in [1.807, 2.05) is 0 Å². The molecule has 0 bridgehead atoms. The van der Waals surface area contributed by atoms with Gasteiger partial charge >= 0.3 is 12.4 Å². The lowest BCUT2D eigenvalue weighted by Gasteiger charge is -2.16. The van der Waals surface area contributed by atoms with Crippen LogP contribution in [0, 0.1) is 5.21 Å². The molecule has 0 heterocycles. The van der Waals surface area contributed by atoms with Crippen molar-refractivity contribution in [3.05, 3.63) is 58.8 Å². The van der Waals surface area contributed by atoms with Gasteiger partial charge in [0.2, 0.25) is 0 Å². The van der Waals surface area contributed by atoms with Crippen LogP contribution in [0.3, 0.4) is 0 Å². The topological polar surface area (TPSA) is 37.0 Å². The third-order valence-electron chi connectivity index (χ3n) is 2.51. The van der Waals surface area contributed by atoms with Gasteiger partial charge in [0, 0.05) is 6.08 Å². The Bertz CT molecular complexity index is 583. The highest BCUT2D eigenvalue weighted by Gasteiger charge is 2.37. The molecule has 0 aliphatic carbocycles. The molecule has 0 atom stereocenters. The van der Waals surface area contributed by atoms with Gasteiger partial charge in [-0.25, -0.2) is 5.16 Å². The third-order valence-corrected chi connectivity index (χ3v) is 2.51. The standard InChI is InChI=1S/C13H9F6NO/c1-2-8(5-6-20-21)10-7-9(12(14,15)16)3-4-11(10)13(17,18)19/h2-7,20H,1H2/b8-5+,20-6+. The van der Waals surface area contributed by atoms with Crippen LogP contribution in [0.4, 0.5) is 26.3 Å². The van der Waals surface area contributed by atoms with Crippen molar-refractivity contribution >= 4 is 11.8 Å². The predicted octanol–water partition coefficient (Wildman–Crippen LogP) is 2.94. The Morgan fingerprint density at radius 2 is 1.71 bits per heavy atom. The minimum atomic E-state index is -4.84. The van der Waals surface area contributed by atoms with Crippen molar-refractivity contribution in [3.63, 3.8) is 0 Å². The summed E-state index contributed by atoms with van der Waals surface area (Å²) in [5.74, 6) is 0. The highest BCUT2D eigenvalue weighted by molar-refractivity contribution is 5.87. The Morgan fingerprint density at radius 1 is 1.10 bits per heavy atom. The van der Waals surface area contributed by atoms with Crippen molar-refractivity contribution in [3.8, 4) is 0 Å². The lowest BCUT2D eigenvalue weighted by atomic mass is 9.96. The Labute approximate surface area is 115 Å². The van der Waals surface area contributed by atoms with Gasteiger partial charge in [0.1, 0.15) is 0 Å². The molecule has 0 saturated carbocycles. The molecule has 1 aromatic rings. The van der Waals surface area contributed by atoms with Crippen molar-refractivity contribution in [2.24, 2.45) is 0 Å². The maximum Gasteiger partial charge on any atom is 0.417 e. The molecule has 0 aliphatic rings. The average molecular weight is 309 g/mol. The van der Waals surface area contributed by atoms with E-state index in [0.717, 1.165) is 18.4 Å². The second-order valence-electron chi connectivity index (χ2n) is 3.87. The van der Waals surface area contributed by atoms with Gasteiger partial charge in [-0.2, -0.15) is 26.3 Å². The molecule has 8 heteroatoms. The van der Waals surface area contributed by atoms with Crippen molar-refractivity contribution in [1.29, 1.82) is 0 Å². The van der Waals surface area contributed by atoms with Crippen LogP contribution in [0.2, 0.25) is 0 Å². The molecule has 0 fully saturated rings. The van der Waals surface area contributed by atoms with E-state index in [4.69, 9.17) is 0 Å². The van der Waals surface area contributed by atoms with Gasteiger partial charge in [-0.15, -0.1) is 0 Å². The molecule has 1 N–H and O–H groups in total. The molecule has 0 aromatic heterocycles. The average Bonchev–Trinajstić information content (AvgIpc) is 2.37. The fourth-order valence-corrected chi connectivity index (χ4v) is 1.60. The van der Waals surface area contributed by atoms with Gasteiger partial charge < -0.3 is 5.21 Å². The summed E-state index contributed by atoms with van der Waals surface area (Å²) in [6.07, 6.45) is -7.04. The molecule has 0 spiro atoms. The van der Waals surface area contributed by atoms with Crippen LogP contribution in [0.25, 0.3) is 5.57 Å². The van der Waals surface area contributed by atoms with E-state index in [0.29, 0.717) is 18.2 Å². The van der Waals surface area contributed by atoms with Crippen LogP contribution >= 0.6 is 0 Å². The zero-order valence-electron chi connectivity index (χ0n) is 10.3. The van der Waals surface area contributed by atoms with Crippen molar-refractivity contribution in [1.82, 2.24) is 0 Å². The second-order valence-corrected chi connectivity index (χ2v) is 3.87. The summed E-state index contributed by atoms with van der Waals surface area (Å²) >= 11 is 0. The summed E-state index contributed by atoms with van der Waals surface area (Å²) in [4.78, 5) is 0. The van der Waals surface area contributed by atoms with E-state index < -0.39 is 29.0 Å². The molecule has 0 unspecified atom stereocenters. The number of benzene rings is 1. The number of hydrogen-bond donors (Lipinski definition) is 1. The van der Waals surface area contributed by atoms with Gasteiger partial charge in [-0.3, -0.25) is 0 Å². The highest BCUT2D eigenvalue weighted by atomic mass is 19.4. The summed E-state index contributed by atoms with van der Waals surface area (Å²) < 4.78 is 76.5. The Kier molecular flexibility index (Phi) is 4.82. The number of rotatable bonds is 3. The van der Waals surface area contributed by atoms with Crippen LogP contribution in [0.15, 0.2) is 36.9 Å². The first-order valence-corrected chi connectivity index (χ1v) is 5.43. The van der Waals surface area contributed by atoms with Gasteiger partial charge in [-0.1, -0.05) is 12.7 Å². The molecule has 0 radical (unpaired) electrons. The Morgan fingerprint density at radius 3 is 2.14 bits per heavy atom. The summed E-state index contributed by atoms with van der Waals surface area (Å²) in [5.41, 5.74) is -3.45. The van der Waals surface area contributed by atoms with Crippen LogP contribution < -0.4 is 5.16 Å². The van der Waals surface area contributed by atoms with E-state index in [2.05, 4.69) is 6.58 Å². The number of allylic oxidation sites excluding steroid dienone is 3. The van der Waals surface area contributed by atoms with E-state index in [1.165, 1.54) is 5.16 Å². The molecule has 2 nitrogen and oxygen atoms in total. The van der Waals surface area contributed by atoms with Gasteiger partial charge in [0.05, 0.1) is 11.1 Å². The lowest BCUT2D eigenvalue weighted by molar-refractivity contribution is -0.366. The zero-order valence-corrected chi connectivity index (χ0v) is 10.3. The maximum absolute atomic E-state index is 12.9. The zero-order chi connectivity index (χ0) is 16.3. The van der Waals surface area contributed by atoms with Gasteiger partial charge in [0.15, 0.2) is 6.21 Å². The van der Waals surface area contributed by atoms with E-state index in [9.17, 15) is 31.5 Å². The molecule has 0 aliphatic heterocycles. The van der Waals surface area contributed by atoms with E-state index in [-0.39, 0.29) is 5.57 Å². The highest BCUT2D eigenvalue weighted by Crippen LogP contribution is 2.39. The van der Waals surface area contributed by atoms with Crippen molar-refractivity contribution < 1.29 is 31.5 Å². The molecule has 114 valence electrons. The van der Waals surface area contributed by atoms with Gasteiger partial charge in [-0.05, 0) is 29.3 Å². The fraction of sp³-hybridized carbons (Fsp3) is 0.154. The molecule has 1 aromatic carbocycles. The first kappa shape index (κ1) is 16.8. The van der Waals surface area contributed by atoms with Crippen LogP contribution in [-0.2, 0) is 12.4 Å². The summed E-state index contributed by atoms with van der Waals surface area (Å²) in [7, 11) is 0. The third kappa shape index (κ3) is 4.11. The fourth-order valence-electron chi connectivity index (χ4n) is 1.60. The molecule has 0 saturated heterocycles.